The number of hydrogen-bond donors (Lipinski definition) is 1. The third-order valence-corrected chi connectivity index (χ3v) is 2.77. The summed E-state index contributed by atoms with van der Waals surface area (Å²) in [4.78, 5) is 0. The van der Waals surface area contributed by atoms with Gasteiger partial charge in [-0.25, -0.2) is 0 Å². The van der Waals surface area contributed by atoms with Crippen LogP contribution in [0.3, 0.4) is 0 Å². The SMILES string of the molecule is CCCN1COC(C2CCNCC2)=N1. The molecular weight excluding hydrogens is 178 g/mol. The summed E-state index contributed by atoms with van der Waals surface area (Å²) in [6.07, 6.45) is 3.46. The topological polar surface area (TPSA) is 36.9 Å². The highest BCUT2D eigenvalue weighted by molar-refractivity contribution is 5.79. The Morgan fingerprint density at radius 1 is 1.50 bits per heavy atom. The van der Waals surface area contributed by atoms with Gasteiger partial charge in [0, 0.05) is 12.5 Å². The van der Waals surface area contributed by atoms with Gasteiger partial charge in [-0.1, -0.05) is 6.92 Å². The Balaban J connectivity index is 1.87. The maximum atomic E-state index is 5.61. The summed E-state index contributed by atoms with van der Waals surface area (Å²) in [5.74, 6) is 1.53. The second-order valence-corrected chi connectivity index (χ2v) is 3.97. The predicted octanol–water partition coefficient (Wildman–Crippen LogP) is 0.999. The first-order valence-electron chi connectivity index (χ1n) is 5.57. The van der Waals surface area contributed by atoms with Crippen LogP contribution in [0.5, 0.6) is 0 Å². The molecule has 1 saturated heterocycles. The Kier molecular flexibility index (Phi) is 3.24. The first kappa shape index (κ1) is 9.77. The van der Waals surface area contributed by atoms with E-state index in [0.717, 1.165) is 32.0 Å². The van der Waals surface area contributed by atoms with Crippen LogP contribution in [-0.4, -0.2) is 37.3 Å². The molecule has 0 saturated carbocycles. The molecule has 0 spiro atoms. The lowest BCUT2D eigenvalue weighted by Crippen LogP contribution is -2.31. The monoisotopic (exact) mass is 197 g/mol. The Morgan fingerprint density at radius 3 is 3.00 bits per heavy atom. The van der Waals surface area contributed by atoms with Crippen molar-refractivity contribution in [2.24, 2.45) is 11.0 Å². The van der Waals surface area contributed by atoms with E-state index in [4.69, 9.17) is 4.74 Å². The van der Waals surface area contributed by atoms with Crippen LogP contribution in [0.1, 0.15) is 26.2 Å². The molecule has 0 radical (unpaired) electrons. The van der Waals surface area contributed by atoms with E-state index < -0.39 is 0 Å². The van der Waals surface area contributed by atoms with Gasteiger partial charge in [0.15, 0.2) is 6.73 Å². The fraction of sp³-hybridized carbons (Fsp3) is 0.900. The first-order chi connectivity index (χ1) is 6.90. The van der Waals surface area contributed by atoms with Gasteiger partial charge in [-0.05, 0) is 32.4 Å². The second-order valence-electron chi connectivity index (χ2n) is 3.97. The number of piperidine rings is 1. The third kappa shape index (κ3) is 2.18. The van der Waals surface area contributed by atoms with Crippen molar-refractivity contribution in [1.82, 2.24) is 10.3 Å². The Bertz CT molecular complexity index is 211. The first-order valence-corrected chi connectivity index (χ1v) is 5.57. The lowest BCUT2D eigenvalue weighted by molar-refractivity contribution is 0.163. The van der Waals surface area contributed by atoms with E-state index in [1.807, 2.05) is 5.01 Å². The fourth-order valence-electron chi connectivity index (χ4n) is 1.98. The van der Waals surface area contributed by atoms with Crippen LogP contribution in [0, 0.1) is 5.92 Å². The Hall–Kier alpha value is -0.770. The van der Waals surface area contributed by atoms with E-state index in [9.17, 15) is 0 Å². The summed E-state index contributed by atoms with van der Waals surface area (Å²) in [5, 5.41) is 9.88. The summed E-state index contributed by atoms with van der Waals surface area (Å²) in [5.41, 5.74) is 0. The normalized spacial score (nSPS) is 23.5. The fourth-order valence-corrected chi connectivity index (χ4v) is 1.98. The predicted molar refractivity (Wildman–Crippen MR) is 56.0 cm³/mol. The van der Waals surface area contributed by atoms with Crippen LogP contribution < -0.4 is 5.32 Å². The van der Waals surface area contributed by atoms with E-state index in [0.29, 0.717) is 12.6 Å². The molecule has 0 aromatic heterocycles. The molecule has 1 N–H and O–H groups in total. The molecule has 0 unspecified atom stereocenters. The van der Waals surface area contributed by atoms with Crippen LogP contribution in [0.2, 0.25) is 0 Å². The van der Waals surface area contributed by atoms with Crippen LogP contribution >= 0.6 is 0 Å². The molecule has 0 aliphatic carbocycles. The molecule has 1 fully saturated rings. The molecule has 0 amide bonds. The van der Waals surface area contributed by atoms with Gasteiger partial charge in [0.2, 0.25) is 5.90 Å². The molecule has 2 heterocycles. The van der Waals surface area contributed by atoms with Crippen molar-refractivity contribution in [2.45, 2.75) is 26.2 Å². The molecule has 0 atom stereocenters. The zero-order valence-corrected chi connectivity index (χ0v) is 8.83. The van der Waals surface area contributed by atoms with Crippen molar-refractivity contribution in [3.8, 4) is 0 Å². The molecule has 0 aromatic rings. The quantitative estimate of drug-likeness (QED) is 0.733. The van der Waals surface area contributed by atoms with E-state index in [-0.39, 0.29) is 0 Å². The molecule has 2 aliphatic heterocycles. The summed E-state index contributed by atoms with van der Waals surface area (Å²) in [6, 6.07) is 0. The standard InChI is InChI=1S/C10H19N3O/c1-2-7-13-8-14-10(12-13)9-3-5-11-6-4-9/h9,11H,2-8H2,1H3. The third-order valence-electron chi connectivity index (χ3n) is 2.77. The maximum absolute atomic E-state index is 5.61. The molecule has 0 bridgehead atoms. The highest BCUT2D eigenvalue weighted by Crippen LogP contribution is 2.18. The zero-order chi connectivity index (χ0) is 9.80. The minimum atomic E-state index is 0.554. The zero-order valence-electron chi connectivity index (χ0n) is 8.83. The summed E-state index contributed by atoms with van der Waals surface area (Å²) < 4.78 is 5.61. The second kappa shape index (κ2) is 4.64. The van der Waals surface area contributed by atoms with Gasteiger partial charge in [0.1, 0.15) is 0 Å². The number of ether oxygens (including phenoxy) is 1. The van der Waals surface area contributed by atoms with E-state index in [1.54, 1.807) is 0 Å². The molecule has 4 heteroatoms. The van der Waals surface area contributed by atoms with Crippen molar-refractivity contribution < 1.29 is 4.74 Å². The van der Waals surface area contributed by atoms with Gasteiger partial charge in [-0.15, -0.1) is 5.10 Å². The molecule has 2 aliphatic rings. The summed E-state index contributed by atoms with van der Waals surface area (Å²) >= 11 is 0. The summed E-state index contributed by atoms with van der Waals surface area (Å²) in [6.45, 7) is 6.03. The number of rotatable bonds is 3. The molecule has 2 rings (SSSR count). The van der Waals surface area contributed by atoms with E-state index in [1.165, 1.54) is 12.8 Å². The van der Waals surface area contributed by atoms with E-state index >= 15 is 0 Å². The van der Waals surface area contributed by atoms with Gasteiger partial charge in [-0.2, -0.15) is 0 Å². The van der Waals surface area contributed by atoms with Crippen molar-refractivity contribution in [3.05, 3.63) is 0 Å². The smallest absolute Gasteiger partial charge is 0.211 e. The van der Waals surface area contributed by atoms with Crippen molar-refractivity contribution in [1.29, 1.82) is 0 Å². The van der Waals surface area contributed by atoms with Crippen LogP contribution in [-0.2, 0) is 4.74 Å². The van der Waals surface area contributed by atoms with Crippen molar-refractivity contribution >= 4 is 5.90 Å². The Labute approximate surface area is 85.3 Å². The summed E-state index contributed by atoms with van der Waals surface area (Å²) in [7, 11) is 0. The van der Waals surface area contributed by atoms with Crippen LogP contribution in [0.15, 0.2) is 5.10 Å². The number of hydrazone groups is 1. The lowest BCUT2D eigenvalue weighted by Gasteiger charge is -2.20. The molecule has 14 heavy (non-hydrogen) atoms. The van der Waals surface area contributed by atoms with Gasteiger partial charge in [-0.3, -0.25) is 5.01 Å². The van der Waals surface area contributed by atoms with Gasteiger partial charge >= 0.3 is 0 Å². The number of nitrogens with zero attached hydrogens (tertiary/aromatic N) is 2. The maximum Gasteiger partial charge on any atom is 0.211 e. The van der Waals surface area contributed by atoms with Gasteiger partial charge < -0.3 is 10.1 Å². The molecular formula is C10H19N3O. The Morgan fingerprint density at radius 2 is 2.29 bits per heavy atom. The largest absolute Gasteiger partial charge is 0.457 e. The van der Waals surface area contributed by atoms with E-state index in [2.05, 4.69) is 17.3 Å². The van der Waals surface area contributed by atoms with Gasteiger partial charge in [0.25, 0.3) is 0 Å². The van der Waals surface area contributed by atoms with Crippen LogP contribution in [0.4, 0.5) is 0 Å². The number of hydrogen-bond acceptors (Lipinski definition) is 4. The average Bonchev–Trinajstić information content (AvgIpc) is 2.68. The lowest BCUT2D eigenvalue weighted by atomic mass is 9.98. The minimum absolute atomic E-state index is 0.554. The minimum Gasteiger partial charge on any atom is -0.457 e. The van der Waals surface area contributed by atoms with Crippen molar-refractivity contribution in [2.75, 3.05) is 26.4 Å². The van der Waals surface area contributed by atoms with Gasteiger partial charge in [0.05, 0.1) is 0 Å². The number of nitrogens with one attached hydrogen (secondary N) is 1. The molecule has 0 aromatic carbocycles. The highest BCUT2D eigenvalue weighted by atomic mass is 16.5. The average molecular weight is 197 g/mol. The van der Waals surface area contributed by atoms with Crippen LogP contribution in [0.25, 0.3) is 0 Å². The highest BCUT2D eigenvalue weighted by Gasteiger charge is 2.25. The molecule has 80 valence electrons. The van der Waals surface area contributed by atoms with Crippen molar-refractivity contribution in [3.63, 3.8) is 0 Å². The molecule has 4 nitrogen and oxygen atoms in total.